The van der Waals surface area contributed by atoms with Gasteiger partial charge in [0.05, 0.1) is 5.52 Å². The molecule has 1 aromatic heterocycles. The summed E-state index contributed by atoms with van der Waals surface area (Å²) in [7, 11) is 0. The second-order valence-electron chi connectivity index (χ2n) is 5.56. The molecule has 2 heteroatoms. The number of anilines is 1. The first kappa shape index (κ1) is 13.5. The molecule has 0 saturated heterocycles. The van der Waals surface area contributed by atoms with E-state index in [2.05, 4.69) is 71.7 Å². The molecule has 2 nitrogen and oxygen atoms in total. The summed E-state index contributed by atoms with van der Waals surface area (Å²) in [6, 6.07) is 29.0. The quantitative estimate of drug-likeness (QED) is 0.555. The van der Waals surface area contributed by atoms with Gasteiger partial charge in [0.25, 0.3) is 0 Å². The van der Waals surface area contributed by atoms with Crippen molar-refractivity contribution >= 4 is 16.7 Å². The van der Waals surface area contributed by atoms with Crippen molar-refractivity contribution in [1.29, 1.82) is 0 Å². The first-order valence-corrected chi connectivity index (χ1v) is 7.62. The molecule has 0 saturated carbocycles. The second kappa shape index (κ2) is 5.58. The molecule has 0 aliphatic heterocycles. The maximum atomic E-state index is 5.89. The van der Waals surface area contributed by atoms with Crippen LogP contribution < -0.4 is 5.73 Å². The minimum absolute atomic E-state index is 0.543. The van der Waals surface area contributed by atoms with Crippen molar-refractivity contribution in [2.45, 2.75) is 0 Å². The van der Waals surface area contributed by atoms with Crippen LogP contribution in [-0.2, 0) is 0 Å². The highest BCUT2D eigenvalue weighted by Crippen LogP contribution is 2.33. The Hall–Kier alpha value is -3.13. The molecule has 2 N–H and O–H groups in total. The van der Waals surface area contributed by atoms with Crippen LogP contribution in [0, 0.1) is 0 Å². The number of pyridine rings is 1. The summed E-state index contributed by atoms with van der Waals surface area (Å²) in [6.45, 7) is 0. The first-order chi connectivity index (χ1) is 11.3. The summed E-state index contributed by atoms with van der Waals surface area (Å²) in [5.41, 5.74) is 11.5. The van der Waals surface area contributed by atoms with Crippen molar-refractivity contribution in [3.8, 4) is 22.3 Å². The maximum absolute atomic E-state index is 5.89. The number of aromatic nitrogens is 1. The molecule has 0 spiro atoms. The highest BCUT2D eigenvalue weighted by atomic mass is 14.8. The largest absolute Gasteiger partial charge is 0.384 e. The van der Waals surface area contributed by atoms with Crippen molar-refractivity contribution in [1.82, 2.24) is 4.98 Å². The lowest BCUT2D eigenvalue weighted by molar-refractivity contribution is 1.41. The first-order valence-electron chi connectivity index (χ1n) is 7.62. The van der Waals surface area contributed by atoms with Crippen LogP contribution in [0.15, 0.2) is 84.9 Å². The van der Waals surface area contributed by atoms with Gasteiger partial charge < -0.3 is 5.73 Å². The topological polar surface area (TPSA) is 38.9 Å². The summed E-state index contributed by atoms with van der Waals surface area (Å²) in [5.74, 6) is 0.543. The van der Waals surface area contributed by atoms with E-state index in [1.165, 1.54) is 16.7 Å². The fourth-order valence-electron chi connectivity index (χ4n) is 2.90. The minimum atomic E-state index is 0.543. The minimum Gasteiger partial charge on any atom is -0.384 e. The summed E-state index contributed by atoms with van der Waals surface area (Å²) in [6.07, 6.45) is 0. The molecule has 0 radical (unpaired) electrons. The number of rotatable bonds is 2. The Morgan fingerprint density at radius 1 is 0.609 bits per heavy atom. The number of fused-ring (bicyclic) bond motifs is 1. The van der Waals surface area contributed by atoms with Gasteiger partial charge in [0.1, 0.15) is 5.82 Å². The molecule has 0 aliphatic carbocycles. The Kier molecular flexibility index (Phi) is 3.28. The Bertz CT molecular complexity index is 961. The van der Waals surface area contributed by atoms with Gasteiger partial charge in [0, 0.05) is 5.39 Å². The predicted molar refractivity (Wildman–Crippen MR) is 97.0 cm³/mol. The van der Waals surface area contributed by atoms with Gasteiger partial charge in [0.15, 0.2) is 0 Å². The molecule has 1 heterocycles. The summed E-state index contributed by atoms with van der Waals surface area (Å²) in [5, 5.41) is 1.12. The van der Waals surface area contributed by atoms with Gasteiger partial charge in [-0.25, -0.2) is 4.98 Å². The Morgan fingerprint density at radius 3 is 1.96 bits per heavy atom. The third-order valence-electron chi connectivity index (χ3n) is 4.02. The van der Waals surface area contributed by atoms with Crippen LogP contribution in [0.4, 0.5) is 5.82 Å². The Morgan fingerprint density at radius 2 is 1.26 bits per heavy atom. The molecule has 0 aliphatic rings. The van der Waals surface area contributed by atoms with Gasteiger partial charge >= 0.3 is 0 Å². The van der Waals surface area contributed by atoms with Gasteiger partial charge in [-0.2, -0.15) is 0 Å². The van der Waals surface area contributed by atoms with Crippen molar-refractivity contribution in [3.63, 3.8) is 0 Å². The lowest BCUT2D eigenvalue weighted by atomic mass is 9.95. The van der Waals surface area contributed by atoms with Crippen LogP contribution in [0.2, 0.25) is 0 Å². The van der Waals surface area contributed by atoms with Gasteiger partial charge in [-0.15, -0.1) is 0 Å². The standard InChI is InChI=1S/C21H16N2/c22-21-12-11-18-19(16-9-5-2-6-10-16)13-17(14-20(18)23-21)15-7-3-1-4-8-15/h1-14H,(H2,22,23). The van der Waals surface area contributed by atoms with E-state index >= 15 is 0 Å². The molecule has 4 rings (SSSR count). The van der Waals surface area contributed by atoms with E-state index in [-0.39, 0.29) is 0 Å². The number of benzene rings is 3. The smallest absolute Gasteiger partial charge is 0.124 e. The van der Waals surface area contributed by atoms with E-state index in [0.29, 0.717) is 5.82 Å². The van der Waals surface area contributed by atoms with Gasteiger partial charge in [-0.3, -0.25) is 0 Å². The lowest BCUT2D eigenvalue weighted by Crippen LogP contribution is -1.92. The molecular formula is C21H16N2. The molecule has 4 aromatic rings. The summed E-state index contributed by atoms with van der Waals surface area (Å²) < 4.78 is 0. The lowest BCUT2D eigenvalue weighted by Gasteiger charge is -2.11. The fourth-order valence-corrected chi connectivity index (χ4v) is 2.90. The zero-order valence-corrected chi connectivity index (χ0v) is 12.6. The van der Waals surface area contributed by atoms with Crippen molar-refractivity contribution < 1.29 is 0 Å². The predicted octanol–water partition coefficient (Wildman–Crippen LogP) is 5.15. The molecule has 0 atom stereocenters. The number of hydrogen-bond acceptors (Lipinski definition) is 2. The SMILES string of the molecule is Nc1ccc2c(-c3ccccc3)cc(-c3ccccc3)cc2n1. The van der Waals surface area contributed by atoms with Crippen molar-refractivity contribution in [2.24, 2.45) is 0 Å². The Balaban J connectivity index is 2.03. The van der Waals surface area contributed by atoms with E-state index in [1.807, 2.05) is 18.2 Å². The average Bonchev–Trinajstić information content (AvgIpc) is 2.62. The van der Waals surface area contributed by atoms with Crippen LogP contribution >= 0.6 is 0 Å². The normalized spacial score (nSPS) is 10.8. The van der Waals surface area contributed by atoms with E-state index in [0.717, 1.165) is 16.5 Å². The zero-order chi connectivity index (χ0) is 15.6. The highest BCUT2D eigenvalue weighted by molar-refractivity contribution is 5.98. The van der Waals surface area contributed by atoms with Crippen LogP contribution in [-0.4, -0.2) is 4.98 Å². The van der Waals surface area contributed by atoms with Gasteiger partial charge in [-0.1, -0.05) is 60.7 Å². The molecular weight excluding hydrogens is 280 g/mol. The van der Waals surface area contributed by atoms with Crippen LogP contribution in [0.1, 0.15) is 0 Å². The highest BCUT2D eigenvalue weighted by Gasteiger charge is 2.09. The Labute approximate surface area is 135 Å². The average molecular weight is 296 g/mol. The molecule has 23 heavy (non-hydrogen) atoms. The number of hydrogen-bond donors (Lipinski definition) is 1. The molecule has 0 unspecified atom stereocenters. The van der Waals surface area contributed by atoms with Gasteiger partial charge in [0.2, 0.25) is 0 Å². The molecule has 3 aromatic carbocycles. The zero-order valence-electron chi connectivity index (χ0n) is 12.6. The number of nitrogen functional groups attached to an aromatic ring is 1. The molecule has 0 fully saturated rings. The monoisotopic (exact) mass is 296 g/mol. The molecule has 0 amide bonds. The molecule has 0 bridgehead atoms. The van der Waals surface area contributed by atoms with E-state index < -0.39 is 0 Å². The van der Waals surface area contributed by atoms with E-state index in [9.17, 15) is 0 Å². The van der Waals surface area contributed by atoms with Crippen molar-refractivity contribution in [3.05, 3.63) is 84.9 Å². The number of nitrogens with two attached hydrogens (primary N) is 1. The van der Waals surface area contributed by atoms with Crippen LogP contribution in [0.3, 0.4) is 0 Å². The number of nitrogens with zero attached hydrogens (tertiary/aromatic N) is 1. The van der Waals surface area contributed by atoms with Crippen LogP contribution in [0.25, 0.3) is 33.2 Å². The molecule has 110 valence electrons. The van der Waals surface area contributed by atoms with Crippen LogP contribution in [0.5, 0.6) is 0 Å². The summed E-state index contributed by atoms with van der Waals surface area (Å²) >= 11 is 0. The maximum Gasteiger partial charge on any atom is 0.124 e. The third kappa shape index (κ3) is 2.55. The third-order valence-corrected chi connectivity index (χ3v) is 4.02. The summed E-state index contributed by atoms with van der Waals surface area (Å²) in [4.78, 5) is 4.53. The van der Waals surface area contributed by atoms with Crippen molar-refractivity contribution in [2.75, 3.05) is 5.73 Å². The van der Waals surface area contributed by atoms with E-state index in [1.54, 1.807) is 0 Å². The van der Waals surface area contributed by atoms with Gasteiger partial charge in [-0.05, 0) is 46.5 Å². The fraction of sp³-hybridized carbons (Fsp3) is 0. The second-order valence-corrected chi connectivity index (χ2v) is 5.56. The van der Waals surface area contributed by atoms with E-state index in [4.69, 9.17) is 5.73 Å².